The predicted molar refractivity (Wildman–Crippen MR) is 83.7 cm³/mol. The fourth-order valence-corrected chi connectivity index (χ4v) is 3.60. The van der Waals surface area contributed by atoms with Crippen LogP contribution in [0.15, 0.2) is 0 Å². The Kier molecular flexibility index (Phi) is 4.71. The van der Waals surface area contributed by atoms with E-state index in [4.69, 9.17) is 14.7 Å². The Morgan fingerprint density at radius 1 is 1.27 bits per heavy atom. The summed E-state index contributed by atoms with van der Waals surface area (Å²) in [5.41, 5.74) is 3.74. The third-order valence-corrected chi connectivity index (χ3v) is 4.77. The molecule has 0 radical (unpaired) electrons. The minimum atomic E-state index is 0.233. The molecule has 5 heteroatoms. The first-order valence-electron chi connectivity index (χ1n) is 8.29. The smallest absolute Gasteiger partial charge is 0.223 e. The molecule has 2 heterocycles. The quantitative estimate of drug-likeness (QED) is 0.831. The van der Waals surface area contributed by atoms with E-state index in [0.29, 0.717) is 25.5 Å². The molecule has 0 spiro atoms. The van der Waals surface area contributed by atoms with E-state index >= 15 is 0 Å². The number of amides is 1. The molecule has 1 aliphatic carbocycles. The van der Waals surface area contributed by atoms with Gasteiger partial charge in [-0.05, 0) is 44.1 Å². The summed E-state index contributed by atoms with van der Waals surface area (Å²) in [6.07, 6.45) is 6.10. The first-order valence-corrected chi connectivity index (χ1v) is 8.29. The Morgan fingerprint density at radius 3 is 2.91 bits per heavy atom. The third kappa shape index (κ3) is 3.29. The van der Waals surface area contributed by atoms with E-state index in [1.165, 1.54) is 24.1 Å². The Balaban J connectivity index is 1.66. The molecule has 1 aliphatic heterocycles. The molecule has 0 bridgehead atoms. The summed E-state index contributed by atoms with van der Waals surface area (Å²) in [6, 6.07) is 0. The number of nitrogens with zero attached hydrogens (tertiary/aromatic N) is 3. The summed E-state index contributed by atoms with van der Waals surface area (Å²) in [7, 11) is 1.67. The zero-order chi connectivity index (χ0) is 15.5. The molecule has 0 N–H and O–H groups in total. The minimum Gasteiger partial charge on any atom is -0.383 e. The van der Waals surface area contributed by atoms with Gasteiger partial charge in [0.25, 0.3) is 0 Å². The first kappa shape index (κ1) is 15.4. The van der Waals surface area contributed by atoms with Crippen molar-refractivity contribution in [2.75, 3.05) is 26.8 Å². The highest BCUT2D eigenvalue weighted by Crippen LogP contribution is 2.24. The highest BCUT2D eigenvalue weighted by atomic mass is 16.5. The fraction of sp³-hybridized carbons (Fsp3) is 0.706. The number of methoxy groups -OCH3 is 1. The molecule has 2 aliphatic rings. The van der Waals surface area contributed by atoms with E-state index in [2.05, 4.69) is 6.92 Å². The lowest BCUT2D eigenvalue weighted by molar-refractivity contribution is -0.128. The Morgan fingerprint density at radius 2 is 2.09 bits per heavy atom. The van der Waals surface area contributed by atoms with Gasteiger partial charge in [0, 0.05) is 44.4 Å². The number of rotatable bonds is 5. The second-order valence-corrected chi connectivity index (χ2v) is 6.46. The first-order chi connectivity index (χ1) is 10.7. The Hall–Kier alpha value is -1.49. The van der Waals surface area contributed by atoms with Crippen molar-refractivity contribution < 1.29 is 9.53 Å². The molecule has 5 nitrogen and oxygen atoms in total. The number of aryl methyl sites for hydroxylation is 2. The SMILES string of the molecule is COCCN1C[C@H](Cc2nc(C)c3c(n2)CCCC3)CC1=O. The normalized spacial score (nSPS) is 21.3. The molecule has 3 rings (SSSR count). The van der Waals surface area contributed by atoms with Crippen LogP contribution in [0.25, 0.3) is 0 Å². The topological polar surface area (TPSA) is 55.3 Å². The van der Waals surface area contributed by atoms with Crippen LogP contribution in [0.1, 0.15) is 42.0 Å². The maximum Gasteiger partial charge on any atom is 0.223 e. The lowest BCUT2D eigenvalue weighted by Gasteiger charge is -2.19. The van der Waals surface area contributed by atoms with Crippen molar-refractivity contribution in [1.82, 2.24) is 14.9 Å². The van der Waals surface area contributed by atoms with Gasteiger partial charge in [0.15, 0.2) is 0 Å². The minimum absolute atomic E-state index is 0.233. The van der Waals surface area contributed by atoms with Crippen LogP contribution >= 0.6 is 0 Å². The number of fused-ring (bicyclic) bond motifs is 1. The van der Waals surface area contributed by atoms with Gasteiger partial charge >= 0.3 is 0 Å². The number of carbonyl (C=O) groups is 1. The second kappa shape index (κ2) is 6.73. The van der Waals surface area contributed by atoms with Crippen LogP contribution < -0.4 is 0 Å². The van der Waals surface area contributed by atoms with Crippen LogP contribution in [0.5, 0.6) is 0 Å². The monoisotopic (exact) mass is 303 g/mol. The standard InChI is InChI=1S/C17H25N3O2/c1-12-14-5-3-4-6-15(14)19-16(18-12)9-13-10-17(21)20(11-13)7-8-22-2/h13H,3-11H2,1-2H3/t13-/m1/s1. The summed E-state index contributed by atoms with van der Waals surface area (Å²) in [5, 5.41) is 0. The van der Waals surface area contributed by atoms with Gasteiger partial charge < -0.3 is 9.64 Å². The lowest BCUT2D eigenvalue weighted by atomic mass is 9.94. The van der Waals surface area contributed by atoms with E-state index in [0.717, 1.165) is 37.3 Å². The van der Waals surface area contributed by atoms with Crippen LogP contribution in [-0.2, 0) is 28.8 Å². The van der Waals surface area contributed by atoms with Gasteiger partial charge in [-0.15, -0.1) is 0 Å². The second-order valence-electron chi connectivity index (χ2n) is 6.46. The van der Waals surface area contributed by atoms with Crippen molar-refractivity contribution in [2.45, 2.75) is 45.4 Å². The molecule has 1 saturated heterocycles. The largest absolute Gasteiger partial charge is 0.383 e. The van der Waals surface area contributed by atoms with Gasteiger partial charge in [-0.3, -0.25) is 4.79 Å². The van der Waals surface area contributed by atoms with Crippen LogP contribution in [0, 0.1) is 12.8 Å². The summed E-state index contributed by atoms with van der Waals surface area (Å²) < 4.78 is 5.06. The van der Waals surface area contributed by atoms with E-state index in [-0.39, 0.29) is 5.91 Å². The van der Waals surface area contributed by atoms with Crippen molar-refractivity contribution in [2.24, 2.45) is 5.92 Å². The highest BCUT2D eigenvalue weighted by Gasteiger charge is 2.30. The van der Waals surface area contributed by atoms with Crippen LogP contribution in [0.3, 0.4) is 0 Å². The van der Waals surface area contributed by atoms with Gasteiger partial charge in [-0.2, -0.15) is 0 Å². The molecular formula is C17H25N3O2. The van der Waals surface area contributed by atoms with Crippen LogP contribution in [-0.4, -0.2) is 47.6 Å². The summed E-state index contributed by atoms with van der Waals surface area (Å²) in [4.78, 5) is 23.4. The van der Waals surface area contributed by atoms with E-state index < -0.39 is 0 Å². The lowest BCUT2D eigenvalue weighted by Crippen LogP contribution is -2.29. The molecule has 1 atom stereocenters. The van der Waals surface area contributed by atoms with Crippen molar-refractivity contribution in [3.63, 3.8) is 0 Å². The van der Waals surface area contributed by atoms with Crippen molar-refractivity contribution >= 4 is 5.91 Å². The number of hydrogen-bond acceptors (Lipinski definition) is 4. The van der Waals surface area contributed by atoms with Gasteiger partial charge in [-0.25, -0.2) is 9.97 Å². The predicted octanol–water partition coefficient (Wildman–Crippen LogP) is 1.70. The maximum atomic E-state index is 12.0. The number of hydrogen-bond donors (Lipinski definition) is 0. The van der Waals surface area contributed by atoms with Crippen LogP contribution in [0.4, 0.5) is 0 Å². The summed E-state index contributed by atoms with van der Waals surface area (Å²) >= 11 is 0. The molecule has 0 aromatic carbocycles. The molecule has 1 aromatic rings. The van der Waals surface area contributed by atoms with Gasteiger partial charge in [0.2, 0.25) is 5.91 Å². The average Bonchev–Trinajstić information content (AvgIpc) is 2.85. The molecule has 0 unspecified atom stereocenters. The zero-order valence-electron chi connectivity index (χ0n) is 13.6. The van der Waals surface area contributed by atoms with Gasteiger partial charge in [0.05, 0.1) is 6.61 Å². The van der Waals surface area contributed by atoms with E-state index in [1.54, 1.807) is 7.11 Å². The summed E-state index contributed by atoms with van der Waals surface area (Å²) in [5.74, 6) is 1.49. The molecule has 120 valence electrons. The van der Waals surface area contributed by atoms with Crippen molar-refractivity contribution in [3.05, 3.63) is 22.8 Å². The molecule has 1 fully saturated rings. The Bertz CT molecular complexity index is 559. The average molecular weight is 303 g/mol. The number of aromatic nitrogens is 2. The Labute approximate surface area is 132 Å². The van der Waals surface area contributed by atoms with Crippen molar-refractivity contribution in [3.8, 4) is 0 Å². The summed E-state index contributed by atoms with van der Waals surface area (Å²) in [6.45, 7) is 4.20. The fourth-order valence-electron chi connectivity index (χ4n) is 3.60. The molecule has 1 aromatic heterocycles. The number of likely N-dealkylation sites (tertiary alicyclic amines) is 1. The zero-order valence-corrected chi connectivity index (χ0v) is 13.6. The number of carbonyl (C=O) groups excluding carboxylic acids is 1. The molecule has 0 saturated carbocycles. The van der Waals surface area contributed by atoms with E-state index in [9.17, 15) is 4.79 Å². The molecular weight excluding hydrogens is 278 g/mol. The van der Waals surface area contributed by atoms with Crippen LogP contribution in [0.2, 0.25) is 0 Å². The molecule has 1 amide bonds. The maximum absolute atomic E-state index is 12.0. The highest BCUT2D eigenvalue weighted by molar-refractivity contribution is 5.78. The number of ether oxygens (including phenoxy) is 1. The molecule has 22 heavy (non-hydrogen) atoms. The van der Waals surface area contributed by atoms with Gasteiger partial charge in [-0.1, -0.05) is 0 Å². The van der Waals surface area contributed by atoms with Gasteiger partial charge in [0.1, 0.15) is 5.82 Å². The van der Waals surface area contributed by atoms with Crippen molar-refractivity contribution in [1.29, 1.82) is 0 Å². The third-order valence-electron chi connectivity index (χ3n) is 4.77. The van der Waals surface area contributed by atoms with E-state index in [1.807, 2.05) is 4.90 Å².